The van der Waals surface area contributed by atoms with Crippen molar-refractivity contribution in [1.82, 2.24) is 5.43 Å². The van der Waals surface area contributed by atoms with Crippen molar-refractivity contribution in [2.24, 2.45) is 5.10 Å². The fourth-order valence-corrected chi connectivity index (χ4v) is 3.80. The maximum Gasteiger partial charge on any atom is 0.272 e. The van der Waals surface area contributed by atoms with Crippen LogP contribution in [0.4, 0.5) is 0 Å². The zero-order chi connectivity index (χ0) is 22.2. The molecular weight excluding hydrogens is 550 g/mol. The van der Waals surface area contributed by atoms with Gasteiger partial charge in [-0.3, -0.25) is 4.79 Å². The van der Waals surface area contributed by atoms with Gasteiger partial charge in [-0.05, 0) is 77.0 Å². The molecule has 160 valence electrons. The largest absolute Gasteiger partial charge is 0.490 e. The molecule has 31 heavy (non-hydrogen) atoms. The van der Waals surface area contributed by atoms with Crippen molar-refractivity contribution in [2.45, 2.75) is 13.5 Å². The third-order valence-corrected chi connectivity index (χ3v) is 5.51. The summed E-state index contributed by atoms with van der Waals surface area (Å²) in [6.07, 6.45) is 1.54. The first-order valence-electron chi connectivity index (χ1n) is 9.39. The third kappa shape index (κ3) is 6.59. The molecule has 0 spiro atoms. The third-order valence-electron chi connectivity index (χ3n) is 4.13. The fourth-order valence-electron chi connectivity index (χ4n) is 2.67. The van der Waals surface area contributed by atoms with Crippen LogP contribution < -0.4 is 14.9 Å². The molecule has 0 saturated carbocycles. The molecule has 0 radical (unpaired) electrons. The second-order valence-electron chi connectivity index (χ2n) is 6.36. The summed E-state index contributed by atoms with van der Waals surface area (Å²) in [7, 11) is 0. The summed E-state index contributed by atoms with van der Waals surface area (Å²) < 4.78 is 12.6. The van der Waals surface area contributed by atoms with E-state index in [1.807, 2.05) is 43.3 Å². The average Bonchev–Trinajstić information content (AvgIpc) is 2.75. The lowest BCUT2D eigenvalue weighted by molar-refractivity contribution is 0.0955. The molecule has 3 aromatic rings. The lowest BCUT2D eigenvalue weighted by Crippen LogP contribution is -2.18. The molecule has 5 nitrogen and oxygen atoms in total. The Hall–Kier alpha value is -2.29. The van der Waals surface area contributed by atoms with E-state index in [0.29, 0.717) is 40.3 Å². The number of carbonyl (C=O) groups is 1. The van der Waals surface area contributed by atoms with Gasteiger partial charge in [-0.15, -0.1) is 0 Å². The van der Waals surface area contributed by atoms with Crippen molar-refractivity contribution in [1.29, 1.82) is 0 Å². The molecule has 3 aromatic carbocycles. The normalized spacial score (nSPS) is 10.8. The number of hydrazone groups is 1. The number of halogens is 3. The smallest absolute Gasteiger partial charge is 0.272 e. The van der Waals surface area contributed by atoms with Gasteiger partial charge in [0, 0.05) is 5.02 Å². The molecule has 0 aliphatic rings. The van der Waals surface area contributed by atoms with Crippen LogP contribution in [0.15, 0.2) is 65.8 Å². The highest BCUT2D eigenvalue weighted by molar-refractivity contribution is 14.1. The van der Waals surface area contributed by atoms with Gasteiger partial charge in [-0.1, -0.05) is 47.5 Å². The van der Waals surface area contributed by atoms with Gasteiger partial charge < -0.3 is 9.47 Å². The minimum absolute atomic E-state index is 0.358. The molecule has 8 heteroatoms. The molecule has 0 aliphatic heterocycles. The topological polar surface area (TPSA) is 59.9 Å². The second kappa shape index (κ2) is 11.4. The lowest BCUT2D eigenvalue weighted by Gasteiger charge is -2.15. The standard InChI is InChI=1S/C23H19Cl2IN2O3/c1-2-30-21-12-16(13-27-28-23(29)18-5-3-4-6-19(18)25)11-20(26)22(21)31-14-15-7-9-17(24)10-8-15/h3-13H,2,14H2,1H3,(H,28,29)/b27-13-. The van der Waals surface area contributed by atoms with Crippen LogP contribution in [0.2, 0.25) is 10.0 Å². The van der Waals surface area contributed by atoms with E-state index < -0.39 is 0 Å². The summed E-state index contributed by atoms with van der Waals surface area (Å²) in [5, 5.41) is 5.08. The van der Waals surface area contributed by atoms with Crippen LogP contribution >= 0.6 is 45.8 Å². The van der Waals surface area contributed by atoms with Crippen molar-refractivity contribution < 1.29 is 14.3 Å². The first-order chi connectivity index (χ1) is 15.0. The molecule has 3 rings (SSSR count). The van der Waals surface area contributed by atoms with E-state index in [2.05, 4.69) is 33.1 Å². The van der Waals surface area contributed by atoms with Crippen molar-refractivity contribution in [3.05, 3.63) is 91.0 Å². The minimum atomic E-state index is -0.385. The number of ether oxygens (including phenoxy) is 2. The van der Waals surface area contributed by atoms with Crippen molar-refractivity contribution in [3.8, 4) is 11.5 Å². The Kier molecular flexibility index (Phi) is 8.57. The van der Waals surface area contributed by atoms with E-state index >= 15 is 0 Å². The van der Waals surface area contributed by atoms with Crippen LogP contribution in [0, 0.1) is 3.57 Å². The maximum atomic E-state index is 12.2. The highest BCUT2D eigenvalue weighted by Crippen LogP contribution is 2.34. The van der Waals surface area contributed by atoms with Crippen molar-refractivity contribution >= 4 is 57.9 Å². The van der Waals surface area contributed by atoms with E-state index in [9.17, 15) is 4.79 Å². The number of amides is 1. The molecule has 0 fully saturated rings. The van der Waals surface area contributed by atoms with Gasteiger partial charge in [0.05, 0.1) is 27.0 Å². The first kappa shape index (κ1) is 23.4. The SMILES string of the molecule is CCOc1cc(/C=N\NC(=O)c2ccccc2Cl)cc(I)c1OCc1ccc(Cl)cc1. The Bertz CT molecular complexity index is 1090. The molecule has 0 saturated heterocycles. The van der Waals surface area contributed by atoms with Crippen LogP contribution in [0.25, 0.3) is 0 Å². The molecule has 0 atom stereocenters. The van der Waals surface area contributed by atoms with E-state index in [4.69, 9.17) is 32.7 Å². The average molecular weight is 569 g/mol. The molecule has 1 N–H and O–H groups in total. The van der Waals surface area contributed by atoms with Crippen LogP contribution in [-0.4, -0.2) is 18.7 Å². The molecule has 0 aliphatic carbocycles. The van der Waals surface area contributed by atoms with Crippen LogP contribution in [0.5, 0.6) is 11.5 Å². The maximum absolute atomic E-state index is 12.2. The fraction of sp³-hybridized carbons (Fsp3) is 0.130. The molecule has 0 bridgehead atoms. The Morgan fingerprint density at radius 3 is 2.55 bits per heavy atom. The van der Waals surface area contributed by atoms with E-state index in [1.165, 1.54) is 0 Å². The predicted octanol–water partition coefficient (Wildman–Crippen LogP) is 6.34. The van der Waals surface area contributed by atoms with Crippen molar-refractivity contribution in [2.75, 3.05) is 6.61 Å². The number of benzene rings is 3. The Balaban J connectivity index is 1.73. The van der Waals surface area contributed by atoms with Crippen molar-refractivity contribution in [3.63, 3.8) is 0 Å². The number of rotatable bonds is 8. The minimum Gasteiger partial charge on any atom is -0.490 e. The number of hydrogen-bond acceptors (Lipinski definition) is 4. The predicted molar refractivity (Wildman–Crippen MR) is 133 cm³/mol. The Labute approximate surface area is 204 Å². The Morgan fingerprint density at radius 2 is 1.84 bits per heavy atom. The van der Waals surface area contributed by atoms with Gasteiger partial charge in [-0.2, -0.15) is 5.10 Å². The second-order valence-corrected chi connectivity index (χ2v) is 8.36. The van der Waals surface area contributed by atoms with E-state index in [1.54, 1.807) is 30.5 Å². The number of hydrogen-bond donors (Lipinski definition) is 1. The number of nitrogens with zero attached hydrogens (tertiary/aromatic N) is 1. The molecule has 0 unspecified atom stereocenters. The van der Waals surface area contributed by atoms with Gasteiger partial charge in [-0.25, -0.2) is 5.43 Å². The lowest BCUT2D eigenvalue weighted by atomic mass is 10.2. The Morgan fingerprint density at radius 1 is 1.10 bits per heavy atom. The van der Waals surface area contributed by atoms with E-state index in [0.717, 1.165) is 14.7 Å². The quantitative estimate of drug-likeness (QED) is 0.196. The zero-order valence-corrected chi connectivity index (χ0v) is 20.2. The van der Waals surface area contributed by atoms with Gasteiger partial charge in [0.2, 0.25) is 0 Å². The monoisotopic (exact) mass is 568 g/mol. The summed E-state index contributed by atoms with van der Waals surface area (Å²) in [5.41, 5.74) is 4.60. The first-order valence-corrected chi connectivity index (χ1v) is 11.2. The van der Waals surface area contributed by atoms with Gasteiger partial charge in [0.15, 0.2) is 11.5 Å². The van der Waals surface area contributed by atoms with Crippen LogP contribution in [-0.2, 0) is 6.61 Å². The molecular formula is C23H19Cl2IN2O3. The molecule has 1 amide bonds. The summed E-state index contributed by atoms with van der Waals surface area (Å²) in [5.74, 6) is 0.862. The number of nitrogens with one attached hydrogen (secondary N) is 1. The molecule has 0 aromatic heterocycles. The zero-order valence-electron chi connectivity index (χ0n) is 16.6. The van der Waals surface area contributed by atoms with Crippen LogP contribution in [0.1, 0.15) is 28.4 Å². The molecule has 0 heterocycles. The van der Waals surface area contributed by atoms with Crippen LogP contribution in [0.3, 0.4) is 0 Å². The van der Waals surface area contributed by atoms with Gasteiger partial charge in [0.1, 0.15) is 6.61 Å². The highest BCUT2D eigenvalue weighted by Gasteiger charge is 2.13. The highest BCUT2D eigenvalue weighted by atomic mass is 127. The van der Waals surface area contributed by atoms with Gasteiger partial charge >= 0.3 is 0 Å². The van der Waals surface area contributed by atoms with Gasteiger partial charge in [0.25, 0.3) is 5.91 Å². The van der Waals surface area contributed by atoms with E-state index in [-0.39, 0.29) is 5.91 Å². The summed E-state index contributed by atoms with van der Waals surface area (Å²) in [6.45, 7) is 2.77. The number of carbonyl (C=O) groups excluding carboxylic acids is 1. The summed E-state index contributed by atoms with van der Waals surface area (Å²) >= 11 is 14.2. The summed E-state index contributed by atoms with van der Waals surface area (Å²) in [4.78, 5) is 12.2. The summed E-state index contributed by atoms with van der Waals surface area (Å²) in [6, 6.07) is 18.0.